The van der Waals surface area contributed by atoms with Crippen molar-refractivity contribution in [1.29, 1.82) is 0 Å². The highest BCUT2D eigenvalue weighted by Gasteiger charge is 2.27. The first kappa shape index (κ1) is 22.7. The Balaban J connectivity index is 1.35. The minimum absolute atomic E-state index is 0.0101. The van der Waals surface area contributed by atoms with Crippen LogP contribution in [0.5, 0.6) is 0 Å². The van der Waals surface area contributed by atoms with E-state index >= 15 is 0 Å². The molecule has 0 spiro atoms. The van der Waals surface area contributed by atoms with Crippen molar-refractivity contribution >= 4 is 27.5 Å². The van der Waals surface area contributed by atoms with Gasteiger partial charge >= 0.3 is 0 Å². The van der Waals surface area contributed by atoms with Crippen LogP contribution in [-0.2, 0) is 19.6 Å². The molecule has 9 heteroatoms. The second kappa shape index (κ2) is 10.4. The molecule has 2 amide bonds. The maximum Gasteiger partial charge on any atom is 0.238 e. The van der Waals surface area contributed by atoms with E-state index in [0.717, 1.165) is 38.8 Å². The van der Waals surface area contributed by atoms with Gasteiger partial charge in [0.05, 0.1) is 4.90 Å². The van der Waals surface area contributed by atoms with Crippen LogP contribution in [0, 0.1) is 5.92 Å². The van der Waals surface area contributed by atoms with Crippen LogP contribution in [0.1, 0.15) is 51.4 Å². The van der Waals surface area contributed by atoms with Crippen LogP contribution in [-0.4, -0.2) is 50.8 Å². The molecule has 1 aliphatic carbocycles. The van der Waals surface area contributed by atoms with Gasteiger partial charge in [-0.1, -0.05) is 19.3 Å². The molecule has 0 unspecified atom stereocenters. The second-order valence-corrected chi connectivity index (χ2v) is 9.89. The van der Waals surface area contributed by atoms with Gasteiger partial charge in [-0.25, -0.2) is 13.6 Å². The molecule has 1 saturated carbocycles. The summed E-state index contributed by atoms with van der Waals surface area (Å²) >= 11 is 0. The zero-order valence-corrected chi connectivity index (χ0v) is 18.1. The van der Waals surface area contributed by atoms with E-state index in [1.807, 2.05) is 0 Å². The zero-order valence-electron chi connectivity index (χ0n) is 17.3. The van der Waals surface area contributed by atoms with Crippen molar-refractivity contribution in [3.63, 3.8) is 0 Å². The Morgan fingerprint density at radius 1 is 1.00 bits per heavy atom. The summed E-state index contributed by atoms with van der Waals surface area (Å²) in [5.41, 5.74) is 0.533. The lowest BCUT2D eigenvalue weighted by atomic mass is 9.92. The number of sulfonamides is 1. The number of anilines is 1. The smallest absolute Gasteiger partial charge is 0.238 e. The van der Waals surface area contributed by atoms with Crippen LogP contribution in [0.3, 0.4) is 0 Å². The summed E-state index contributed by atoms with van der Waals surface area (Å²) in [5, 5.41) is 11.1. The first-order valence-electron chi connectivity index (χ1n) is 10.8. The molecule has 30 heavy (non-hydrogen) atoms. The Kier molecular flexibility index (Phi) is 7.85. The molecule has 8 nitrogen and oxygen atoms in total. The van der Waals surface area contributed by atoms with Gasteiger partial charge in [-0.3, -0.25) is 9.59 Å². The summed E-state index contributed by atoms with van der Waals surface area (Å²) in [6, 6.07) is 6.14. The molecule has 3 rings (SSSR count). The summed E-state index contributed by atoms with van der Waals surface area (Å²) in [5.74, 6) is 0.145. The minimum atomic E-state index is -3.74. The van der Waals surface area contributed by atoms with Crippen LogP contribution < -0.4 is 15.8 Å². The highest BCUT2D eigenvalue weighted by atomic mass is 32.2. The number of carbonyl (C=O) groups excluding carboxylic acids is 2. The van der Waals surface area contributed by atoms with E-state index in [0.29, 0.717) is 24.7 Å². The van der Waals surface area contributed by atoms with Crippen LogP contribution in [0.4, 0.5) is 5.69 Å². The van der Waals surface area contributed by atoms with Crippen molar-refractivity contribution in [2.45, 2.75) is 62.3 Å². The van der Waals surface area contributed by atoms with Crippen molar-refractivity contribution in [3.05, 3.63) is 24.3 Å². The molecule has 1 heterocycles. The maximum absolute atomic E-state index is 12.5. The molecule has 1 aliphatic heterocycles. The van der Waals surface area contributed by atoms with Gasteiger partial charge in [-0.05, 0) is 63.0 Å². The van der Waals surface area contributed by atoms with Gasteiger partial charge < -0.3 is 15.5 Å². The van der Waals surface area contributed by atoms with Crippen molar-refractivity contribution in [3.8, 4) is 0 Å². The Hall–Kier alpha value is -1.97. The highest BCUT2D eigenvalue weighted by Crippen LogP contribution is 2.21. The summed E-state index contributed by atoms with van der Waals surface area (Å²) in [6.45, 7) is 2.27. The number of nitrogens with one attached hydrogen (secondary N) is 2. The van der Waals surface area contributed by atoms with Crippen LogP contribution in [0.15, 0.2) is 29.2 Å². The molecular formula is C21H32N4O4S. The Labute approximate surface area is 178 Å². The molecule has 4 N–H and O–H groups in total. The lowest BCUT2D eigenvalue weighted by Crippen LogP contribution is -2.44. The van der Waals surface area contributed by atoms with Gasteiger partial charge in [0.2, 0.25) is 21.8 Å². The average molecular weight is 437 g/mol. The topological polar surface area (TPSA) is 122 Å². The molecular weight excluding hydrogens is 404 g/mol. The molecule has 1 aromatic carbocycles. The molecule has 0 aromatic heterocycles. The van der Waals surface area contributed by atoms with Gasteiger partial charge in [0.1, 0.15) is 0 Å². The monoisotopic (exact) mass is 436 g/mol. The molecule has 2 aliphatic rings. The van der Waals surface area contributed by atoms with Gasteiger partial charge in [0.25, 0.3) is 0 Å². The third kappa shape index (κ3) is 6.78. The first-order valence-corrected chi connectivity index (χ1v) is 12.3. The van der Waals surface area contributed by atoms with Crippen molar-refractivity contribution < 1.29 is 18.0 Å². The van der Waals surface area contributed by atoms with Gasteiger partial charge in [-0.2, -0.15) is 0 Å². The fourth-order valence-corrected chi connectivity index (χ4v) is 4.71. The standard InChI is InChI=1S/C21H32N4O4S/c22-30(28,29)19-8-6-18(7-9-19)23-20(26)12-15-25-13-10-16(11-14-25)21(27)24-17-4-2-1-3-5-17/h6-9,16-17H,1-5,10-15H2,(H,23,26)(H,24,27)(H2,22,28,29). The Morgan fingerprint density at radius 2 is 1.63 bits per heavy atom. The molecule has 0 bridgehead atoms. The van der Waals surface area contributed by atoms with Crippen molar-refractivity contribution in [2.24, 2.45) is 11.1 Å². The van der Waals surface area contributed by atoms with Crippen LogP contribution in [0.25, 0.3) is 0 Å². The second-order valence-electron chi connectivity index (χ2n) is 8.33. The number of hydrogen-bond acceptors (Lipinski definition) is 5. The number of piperidine rings is 1. The normalized spacial score (nSPS) is 19.4. The number of rotatable bonds is 7. The van der Waals surface area contributed by atoms with Gasteiger partial charge in [-0.15, -0.1) is 0 Å². The third-order valence-corrected chi connectivity index (χ3v) is 6.96. The number of carbonyl (C=O) groups is 2. The number of nitrogens with zero attached hydrogens (tertiary/aromatic N) is 1. The van der Waals surface area contributed by atoms with Gasteiger partial charge in [0, 0.05) is 30.6 Å². The molecule has 2 fully saturated rings. The van der Waals surface area contributed by atoms with E-state index in [-0.39, 0.29) is 22.6 Å². The third-order valence-electron chi connectivity index (χ3n) is 6.03. The predicted molar refractivity (Wildman–Crippen MR) is 115 cm³/mol. The van der Waals surface area contributed by atoms with Crippen molar-refractivity contribution in [1.82, 2.24) is 10.2 Å². The highest BCUT2D eigenvalue weighted by molar-refractivity contribution is 7.89. The number of amides is 2. The molecule has 0 radical (unpaired) electrons. The van der Waals surface area contributed by atoms with Gasteiger partial charge in [0.15, 0.2) is 0 Å². The lowest BCUT2D eigenvalue weighted by Gasteiger charge is -2.32. The Morgan fingerprint density at radius 3 is 2.23 bits per heavy atom. The number of nitrogens with two attached hydrogens (primary N) is 1. The number of hydrogen-bond donors (Lipinski definition) is 3. The summed E-state index contributed by atoms with van der Waals surface area (Å²) in [4.78, 5) is 26.9. The van der Waals surface area contributed by atoms with Crippen molar-refractivity contribution in [2.75, 3.05) is 25.0 Å². The Bertz CT molecular complexity index is 827. The number of primary sulfonamides is 1. The minimum Gasteiger partial charge on any atom is -0.353 e. The zero-order chi connectivity index (χ0) is 21.6. The number of likely N-dealkylation sites (tertiary alicyclic amines) is 1. The lowest BCUT2D eigenvalue weighted by molar-refractivity contribution is -0.127. The van der Waals surface area contributed by atoms with E-state index < -0.39 is 10.0 Å². The maximum atomic E-state index is 12.5. The average Bonchev–Trinajstić information content (AvgIpc) is 2.73. The van der Waals surface area contributed by atoms with Crippen LogP contribution >= 0.6 is 0 Å². The fourth-order valence-electron chi connectivity index (χ4n) is 4.20. The molecule has 166 valence electrons. The van der Waals surface area contributed by atoms with E-state index in [4.69, 9.17) is 5.14 Å². The quantitative estimate of drug-likeness (QED) is 0.602. The van der Waals surface area contributed by atoms with E-state index in [2.05, 4.69) is 15.5 Å². The number of benzene rings is 1. The van der Waals surface area contributed by atoms with E-state index in [9.17, 15) is 18.0 Å². The van der Waals surface area contributed by atoms with E-state index in [1.165, 1.54) is 43.5 Å². The molecule has 0 atom stereocenters. The van der Waals surface area contributed by atoms with E-state index in [1.54, 1.807) is 0 Å². The molecule has 1 saturated heterocycles. The fraction of sp³-hybridized carbons (Fsp3) is 0.619. The molecule has 1 aromatic rings. The largest absolute Gasteiger partial charge is 0.353 e. The summed E-state index contributed by atoms with van der Waals surface area (Å²) in [7, 11) is -3.74. The predicted octanol–water partition coefficient (Wildman–Crippen LogP) is 1.82. The van der Waals surface area contributed by atoms with Crippen LogP contribution in [0.2, 0.25) is 0 Å². The first-order chi connectivity index (χ1) is 14.3. The summed E-state index contributed by atoms with van der Waals surface area (Å²) in [6.07, 6.45) is 7.90. The summed E-state index contributed by atoms with van der Waals surface area (Å²) < 4.78 is 22.5. The SMILES string of the molecule is NS(=O)(=O)c1ccc(NC(=O)CCN2CCC(C(=O)NC3CCCCC3)CC2)cc1.